The van der Waals surface area contributed by atoms with Gasteiger partial charge in [0, 0.05) is 4.91 Å². The summed E-state index contributed by atoms with van der Waals surface area (Å²) in [5.74, 6) is -1.85. The summed E-state index contributed by atoms with van der Waals surface area (Å²) in [7, 11) is -2.04. The van der Waals surface area contributed by atoms with Crippen LogP contribution in [0.5, 0.6) is 0 Å². The van der Waals surface area contributed by atoms with Crippen LogP contribution in [0.1, 0.15) is 34.6 Å². The molecule has 2 aliphatic heterocycles. The van der Waals surface area contributed by atoms with E-state index in [1.165, 1.54) is 0 Å². The molecule has 2 heterocycles. The number of nitrogens with zero attached hydrogens (tertiary/aromatic N) is 3. The van der Waals surface area contributed by atoms with Gasteiger partial charge in [-0.05, 0) is 42.6 Å². The highest BCUT2D eigenvalue weighted by Crippen LogP contribution is 2.46. The summed E-state index contributed by atoms with van der Waals surface area (Å²) in [6, 6.07) is 0. The average Bonchev–Trinajstić information content (AvgIpc) is 2.89. The van der Waals surface area contributed by atoms with Crippen molar-refractivity contribution in [1.29, 1.82) is 0 Å². The molecule has 0 unspecified atom stereocenters. The van der Waals surface area contributed by atoms with Crippen molar-refractivity contribution in [1.82, 2.24) is 0 Å². The Hall–Kier alpha value is -1.16. The zero-order chi connectivity index (χ0) is 19.3. The van der Waals surface area contributed by atoms with Crippen molar-refractivity contribution in [2.45, 2.75) is 82.6 Å². The van der Waals surface area contributed by atoms with Crippen molar-refractivity contribution < 1.29 is 23.4 Å². The normalized spacial score (nSPS) is 34.4. The van der Waals surface area contributed by atoms with Crippen molar-refractivity contribution in [3.8, 4) is 0 Å². The maximum absolute atomic E-state index is 12.0. The molecule has 2 saturated heterocycles. The van der Waals surface area contributed by atoms with Gasteiger partial charge < -0.3 is 24.4 Å². The van der Waals surface area contributed by atoms with Gasteiger partial charge in [0.15, 0.2) is 14.1 Å². The van der Waals surface area contributed by atoms with Crippen LogP contribution in [-0.2, 0) is 23.4 Å². The molecule has 0 aliphatic carbocycles. The maximum Gasteiger partial charge on any atom is 0.258 e. The summed E-state index contributed by atoms with van der Waals surface area (Å²) in [5.41, 5.74) is 12.4. The molecule has 142 valence electrons. The SMILES string of the molecule is CC1(C)O[C@H]2[C@@H](O1)[C@@](N=[N+]=[N-])(C(N)=O)O[C@@H]2CO[Si](C)(C)C(C)(C)C. The Morgan fingerprint density at radius 3 is 2.40 bits per heavy atom. The summed E-state index contributed by atoms with van der Waals surface area (Å²) in [5, 5.41) is 3.56. The number of fused-ring (bicyclic) bond motifs is 1. The molecule has 2 rings (SSSR count). The second kappa shape index (κ2) is 6.22. The van der Waals surface area contributed by atoms with Gasteiger partial charge in [-0.1, -0.05) is 20.8 Å². The highest BCUT2D eigenvalue weighted by atomic mass is 28.4. The van der Waals surface area contributed by atoms with Gasteiger partial charge >= 0.3 is 0 Å². The van der Waals surface area contributed by atoms with Gasteiger partial charge in [0.05, 0.1) is 6.61 Å². The molecule has 25 heavy (non-hydrogen) atoms. The number of hydrogen-bond donors (Lipinski definition) is 1. The van der Waals surface area contributed by atoms with Gasteiger partial charge in [-0.25, -0.2) is 0 Å². The molecule has 0 aromatic rings. The minimum absolute atomic E-state index is 0.0168. The number of nitrogens with two attached hydrogens (primary N) is 1. The van der Waals surface area contributed by atoms with Crippen LogP contribution < -0.4 is 5.73 Å². The van der Waals surface area contributed by atoms with E-state index >= 15 is 0 Å². The fraction of sp³-hybridized carbons (Fsp3) is 0.933. The van der Waals surface area contributed by atoms with E-state index in [1.54, 1.807) is 13.8 Å². The third kappa shape index (κ3) is 3.55. The third-order valence-electron chi connectivity index (χ3n) is 5.17. The maximum atomic E-state index is 12.0. The predicted octanol–water partition coefficient (Wildman–Crippen LogP) is 2.42. The first kappa shape index (κ1) is 20.2. The van der Waals surface area contributed by atoms with Crippen LogP contribution >= 0.6 is 0 Å². The lowest BCUT2D eigenvalue weighted by molar-refractivity contribution is -0.209. The first-order valence-corrected chi connectivity index (χ1v) is 11.2. The fourth-order valence-corrected chi connectivity index (χ4v) is 3.77. The number of hydrogen-bond acceptors (Lipinski definition) is 6. The first-order chi connectivity index (χ1) is 11.3. The number of amides is 1. The quantitative estimate of drug-likeness (QED) is 0.343. The van der Waals surface area contributed by atoms with E-state index in [0.29, 0.717) is 0 Å². The molecule has 2 N–H and O–H groups in total. The van der Waals surface area contributed by atoms with Gasteiger partial charge in [-0.3, -0.25) is 4.79 Å². The van der Waals surface area contributed by atoms with E-state index in [1.807, 2.05) is 0 Å². The van der Waals surface area contributed by atoms with Crippen LogP contribution in [0.4, 0.5) is 0 Å². The van der Waals surface area contributed by atoms with Crippen LogP contribution in [0.3, 0.4) is 0 Å². The number of azide groups is 1. The van der Waals surface area contributed by atoms with Crippen LogP contribution in [0.15, 0.2) is 5.11 Å². The second-order valence-electron chi connectivity index (χ2n) is 8.50. The standard InChI is InChI=1S/C15H28N4O5Si/c1-13(2,3)25(6,7)21-8-9-10-11(24-14(4,5)23-10)15(22-9,12(16)20)18-19-17/h9-11H,8H2,1-7H3,(H2,16,20)/t9-,10-,11-,15+/m1/s1. The average molecular weight is 372 g/mol. The molecule has 4 atom stereocenters. The number of primary amides is 1. The van der Waals surface area contributed by atoms with Gasteiger partial charge in [-0.2, -0.15) is 0 Å². The summed E-state index contributed by atoms with van der Waals surface area (Å²) < 4.78 is 23.6. The minimum Gasteiger partial charge on any atom is -0.414 e. The molecule has 0 radical (unpaired) electrons. The largest absolute Gasteiger partial charge is 0.414 e. The first-order valence-electron chi connectivity index (χ1n) is 8.29. The van der Waals surface area contributed by atoms with Crippen LogP contribution in [-0.4, -0.2) is 50.7 Å². The number of carbonyl (C=O) groups excluding carboxylic acids is 1. The van der Waals surface area contributed by atoms with Crippen molar-refractivity contribution in [3.05, 3.63) is 10.4 Å². The van der Waals surface area contributed by atoms with E-state index in [2.05, 4.69) is 43.9 Å². The lowest BCUT2D eigenvalue weighted by atomic mass is 10.0. The van der Waals surface area contributed by atoms with Crippen molar-refractivity contribution in [3.63, 3.8) is 0 Å². The minimum atomic E-state index is -2.04. The number of carbonyl (C=O) groups is 1. The van der Waals surface area contributed by atoms with Crippen molar-refractivity contribution in [2.75, 3.05) is 6.61 Å². The van der Waals surface area contributed by atoms with E-state index in [-0.39, 0.29) is 11.6 Å². The molecule has 0 bridgehead atoms. The van der Waals surface area contributed by atoms with E-state index < -0.39 is 44.0 Å². The molecule has 0 aromatic heterocycles. The Morgan fingerprint density at radius 1 is 1.32 bits per heavy atom. The van der Waals surface area contributed by atoms with Crippen LogP contribution in [0.2, 0.25) is 18.1 Å². The molecule has 10 heteroatoms. The van der Waals surface area contributed by atoms with Crippen molar-refractivity contribution >= 4 is 14.2 Å². The van der Waals surface area contributed by atoms with Gasteiger partial charge in [0.2, 0.25) is 0 Å². The Kier molecular flexibility index (Phi) is 5.02. The Bertz CT molecular complexity index is 595. The lowest BCUT2D eigenvalue weighted by Crippen LogP contribution is -2.51. The van der Waals surface area contributed by atoms with E-state index in [4.69, 9.17) is 29.9 Å². The molecule has 1 amide bonds. The zero-order valence-corrected chi connectivity index (χ0v) is 16.9. The summed E-state index contributed by atoms with van der Waals surface area (Å²) in [6.45, 7) is 14.3. The molecule has 2 fully saturated rings. The molecular formula is C15H28N4O5Si. The van der Waals surface area contributed by atoms with Crippen LogP contribution in [0.25, 0.3) is 10.4 Å². The summed E-state index contributed by atoms with van der Waals surface area (Å²) in [4.78, 5) is 14.8. The summed E-state index contributed by atoms with van der Waals surface area (Å²) >= 11 is 0. The Labute approximate surface area is 148 Å². The third-order valence-corrected chi connectivity index (χ3v) is 9.67. The topological polar surface area (TPSA) is 129 Å². The fourth-order valence-electron chi connectivity index (χ4n) is 2.76. The molecular weight excluding hydrogens is 344 g/mol. The van der Waals surface area contributed by atoms with E-state index in [9.17, 15) is 4.79 Å². The van der Waals surface area contributed by atoms with Crippen LogP contribution in [0, 0.1) is 0 Å². The zero-order valence-electron chi connectivity index (χ0n) is 15.9. The molecule has 2 aliphatic rings. The van der Waals surface area contributed by atoms with Gasteiger partial charge in [0.25, 0.3) is 11.6 Å². The highest BCUT2D eigenvalue weighted by molar-refractivity contribution is 6.74. The highest BCUT2D eigenvalue weighted by Gasteiger charge is 2.66. The van der Waals surface area contributed by atoms with E-state index in [0.717, 1.165) is 0 Å². The molecule has 9 nitrogen and oxygen atoms in total. The predicted molar refractivity (Wildman–Crippen MR) is 92.9 cm³/mol. The Morgan fingerprint density at radius 2 is 1.92 bits per heavy atom. The smallest absolute Gasteiger partial charge is 0.258 e. The van der Waals surface area contributed by atoms with Gasteiger partial charge in [-0.15, -0.1) is 0 Å². The monoisotopic (exact) mass is 372 g/mol. The Balaban J connectivity index is 2.28. The molecule has 0 spiro atoms. The number of ether oxygens (including phenoxy) is 3. The lowest BCUT2D eigenvalue weighted by Gasteiger charge is -2.37. The van der Waals surface area contributed by atoms with Gasteiger partial charge in [0.1, 0.15) is 18.3 Å². The molecule has 0 aromatic carbocycles. The van der Waals surface area contributed by atoms with Crippen molar-refractivity contribution in [2.24, 2.45) is 10.8 Å². The number of rotatable bonds is 5. The second-order valence-corrected chi connectivity index (χ2v) is 13.3. The molecule has 0 saturated carbocycles. The summed E-state index contributed by atoms with van der Waals surface area (Å²) in [6.07, 6.45) is -2.15.